The number of nitrogens with one attached hydrogen (secondary N) is 1. The van der Waals surface area contributed by atoms with Gasteiger partial charge in [0.2, 0.25) is 5.91 Å². The van der Waals surface area contributed by atoms with Crippen molar-refractivity contribution in [3.8, 4) is 5.75 Å². The summed E-state index contributed by atoms with van der Waals surface area (Å²) < 4.78 is 26.1. The van der Waals surface area contributed by atoms with Gasteiger partial charge < -0.3 is 24.6 Å². The number of anilines is 1. The fourth-order valence-corrected chi connectivity index (χ4v) is 4.13. The van der Waals surface area contributed by atoms with Gasteiger partial charge in [-0.15, -0.1) is 0 Å². The summed E-state index contributed by atoms with van der Waals surface area (Å²) in [5, 5.41) is 2.68. The molecule has 3 amide bonds. The molecule has 1 heterocycles. The van der Waals surface area contributed by atoms with Gasteiger partial charge in [-0.25, -0.2) is 4.39 Å². The third-order valence-corrected chi connectivity index (χ3v) is 6.13. The maximum Gasteiger partial charge on any atom is 0.257 e. The predicted molar refractivity (Wildman–Crippen MR) is 130 cm³/mol. The summed E-state index contributed by atoms with van der Waals surface area (Å²) >= 11 is 0. The van der Waals surface area contributed by atoms with Crippen LogP contribution in [0.3, 0.4) is 0 Å². The number of methoxy groups -OCH3 is 1. The smallest absolute Gasteiger partial charge is 0.257 e. The number of rotatable bonds is 3. The van der Waals surface area contributed by atoms with Crippen LogP contribution in [0.25, 0.3) is 0 Å². The highest BCUT2D eigenvalue weighted by molar-refractivity contribution is 5.99. The van der Waals surface area contributed by atoms with E-state index < -0.39 is 17.8 Å². The molecule has 1 aliphatic rings. The van der Waals surface area contributed by atoms with Gasteiger partial charge in [-0.3, -0.25) is 14.4 Å². The first-order valence-corrected chi connectivity index (χ1v) is 11.5. The molecule has 0 aliphatic carbocycles. The predicted octanol–water partition coefficient (Wildman–Crippen LogP) is 3.43. The maximum absolute atomic E-state index is 14.4. The molecule has 0 unspecified atom stereocenters. The highest BCUT2D eigenvalue weighted by atomic mass is 19.1. The van der Waals surface area contributed by atoms with Crippen molar-refractivity contribution in [1.29, 1.82) is 0 Å². The van der Waals surface area contributed by atoms with Gasteiger partial charge in [0, 0.05) is 45.8 Å². The normalized spacial score (nSPS) is 21.3. The Bertz CT molecular complexity index is 1090. The zero-order valence-electron chi connectivity index (χ0n) is 20.7. The third kappa shape index (κ3) is 6.16. The molecule has 35 heavy (non-hydrogen) atoms. The first kappa shape index (κ1) is 26.2. The highest BCUT2D eigenvalue weighted by Crippen LogP contribution is 2.27. The summed E-state index contributed by atoms with van der Waals surface area (Å²) in [5.41, 5.74) is 0.732. The SMILES string of the molecule is CO[C@@H]1CN(C)C(=O)c2cc(NC(C)=O)ccc2OC[C@@H](C)N(C(=O)c2ccccc2F)C[C@@H]1C. The van der Waals surface area contributed by atoms with E-state index in [1.165, 1.54) is 30.0 Å². The molecule has 1 aliphatic heterocycles. The van der Waals surface area contributed by atoms with E-state index in [9.17, 15) is 18.8 Å². The zero-order chi connectivity index (χ0) is 25.7. The number of ether oxygens (including phenoxy) is 2. The van der Waals surface area contributed by atoms with Gasteiger partial charge >= 0.3 is 0 Å². The Kier molecular flexibility index (Phi) is 8.45. The molecular formula is C26H32FN3O5. The van der Waals surface area contributed by atoms with E-state index in [1.807, 2.05) is 13.8 Å². The van der Waals surface area contributed by atoms with Crippen LogP contribution in [0.1, 0.15) is 41.5 Å². The van der Waals surface area contributed by atoms with Crippen molar-refractivity contribution in [3.63, 3.8) is 0 Å². The maximum atomic E-state index is 14.4. The Morgan fingerprint density at radius 3 is 2.51 bits per heavy atom. The van der Waals surface area contributed by atoms with Gasteiger partial charge in [0.1, 0.15) is 18.2 Å². The number of hydrogen-bond acceptors (Lipinski definition) is 5. The third-order valence-electron chi connectivity index (χ3n) is 6.13. The van der Waals surface area contributed by atoms with Crippen molar-refractivity contribution < 1.29 is 28.2 Å². The second-order valence-corrected chi connectivity index (χ2v) is 8.93. The Balaban J connectivity index is 2.01. The van der Waals surface area contributed by atoms with E-state index in [1.54, 1.807) is 43.3 Å². The Labute approximate surface area is 205 Å². The van der Waals surface area contributed by atoms with Crippen LogP contribution in [0.4, 0.5) is 10.1 Å². The van der Waals surface area contributed by atoms with Crippen molar-refractivity contribution in [3.05, 3.63) is 59.4 Å². The summed E-state index contributed by atoms with van der Waals surface area (Å²) in [7, 11) is 3.22. The molecule has 3 rings (SSSR count). The lowest BCUT2D eigenvalue weighted by Gasteiger charge is -2.36. The van der Waals surface area contributed by atoms with Gasteiger partial charge in [-0.05, 0) is 37.3 Å². The fraction of sp³-hybridized carbons (Fsp3) is 0.423. The largest absolute Gasteiger partial charge is 0.491 e. The number of carbonyl (C=O) groups excluding carboxylic acids is 3. The van der Waals surface area contributed by atoms with Crippen LogP contribution in [0, 0.1) is 11.7 Å². The topological polar surface area (TPSA) is 88.2 Å². The number of hydrogen-bond donors (Lipinski definition) is 1. The number of carbonyl (C=O) groups is 3. The second kappa shape index (κ2) is 11.3. The summed E-state index contributed by atoms with van der Waals surface area (Å²) in [5.74, 6) is -1.42. The molecule has 0 aromatic heterocycles. The number of amides is 3. The van der Waals surface area contributed by atoms with Crippen molar-refractivity contribution >= 4 is 23.4 Å². The number of likely N-dealkylation sites (N-methyl/N-ethyl adjacent to an activating group) is 1. The van der Waals surface area contributed by atoms with Crippen LogP contribution >= 0.6 is 0 Å². The van der Waals surface area contributed by atoms with E-state index >= 15 is 0 Å². The molecular weight excluding hydrogens is 453 g/mol. The lowest BCUT2D eigenvalue weighted by Crippen LogP contribution is -2.48. The number of benzene rings is 2. The number of halogens is 1. The molecule has 8 nitrogen and oxygen atoms in total. The van der Waals surface area contributed by atoms with E-state index in [0.29, 0.717) is 11.4 Å². The van der Waals surface area contributed by atoms with Crippen LogP contribution in [0.15, 0.2) is 42.5 Å². The molecule has 0 fully saturated rings. The molecule has 0 radical (unpaired) electrons. The highest BCUT2D eigenvalue weighted by Gasteiger charge is 2.31. The molecule has 0 bridgehead atoms. The number of fused-ring (bicyclic) bond motifs is 1. The zero-order valence-corrected chi connectivity index (χ0v) is 20.7. The van der Waals surface area contributed by atoms with Crippen molar-refractivity contribution in [2.24, 2.45) is 5.92 Å². The first-order valence-electron chi connectivity index (χ1n) is 11.5. The minimum atomic E-state index is -0.589. The standard InChI is InChI=1S/C26H32FN3O5/c1-16-13-30(26(33)20-8-6-7-9-22(20)27)17(2)15-35-23-11-10-19(28-18(3)31)12-21(23)25(32)29(4)14-24(16)34-5/h6-12,16-17,24H,13-15H2,1-5H3,(H,28,31)/t16-,17+,24+/m0/s1. The Hall–Kier alpha value is -3.46. The Morgan fingerprint density at radius 1 is 1.14 bits per heavy atom. The molecule has 0 spiro atoms. The van der Waals surface area contributed by atoms with Crippen LogP contribution < -0.4 is 10.1 Å². The van der Waals surface area contributed by atoms with Crippen molar-refractivity contribution in [2.45, 2.75) is 32.9 Å². The Morgan fingerprint density at radius 2 is 1.86 bits per heavy atom. The lowest BCUT2D eigenvalue weighted by atomic mass is 10.0. The van der Waals surface area contributed by atoms with E-state index in [4.69, 9.17) is 9.47 Å². The molecule has 3 atom stereocenters. The van der Waals surface area contributed by atoms with Crippen LogP contribution in [-0.2, 0) is 9.53 Å². The molecule has 0 saturated heterocycles. The molecule has 188 valence electrons. The van der Waals surface area contributed by atoms with E-state index in [0.717, 1.165) is 0 Å². The van der Waals surface area contributed by atoms with Gasteiger partial charge in [-0.2, -0.15) is 0 Å². The van der Waals surface area contributed by atoms with E-state index in [-0.39, 0.29) is 54.7 Å². The monoisotopic (exact) mass is 485 g/mol. The molecule has 2 aromatic rings. The average Bonchev–Trinajstić information content (AvgIpc) is 2.82. The van der Waals surface area contributed by atoms with Crippen molar-refractivity contribution in [1.82, 2.24) is 9.80 Å². The van der Waals surface area contributed by atoms with E-state index in [2.05, 4.69) is 5.32 Å². The average molecular weight is 486 g/mol. The van der Waals surface area contributed by atoms with Gasteiger partial charge in [0.05, 0.1) is 23.3 Å². The van der Waals surface area contributed by atoms with Crippen molar-refractivity contribution in [2.75, 3.05) is 39.2 Å². The second-order valence-electron chi connectivity index (χ2n) is 8.93. The molecule has 0 saturated carbocycles. The number of nitrogens with zero attached hydrogens (tertiary/aromatic N) is 2. The van der Waals surface area contributed by atoms with Crippen LogP contribution in [0.2, 0.25) is 0 Å². The summed E-state index contributed by atoms with van der Waals surface area (Å²) in [4.78, 5) is 41.3. The van der Waals surface area contributed by atoms with Gasteiger partial charge in [0.15, 0.2) is 0 Å². The van der Waals surface area contributed by atoms with Gasteiger partial charge in [0.25, 0.3) is 11.8 Å². The summed E-state index contributed by atoms with van der Waals surface area (Å²) in [6.07, 6.45) is -0.380. The minimum absolute atomic E-state index is 0.0137. The first-order chi connectivity index (χ1) is 16.6. The molecule has 2 aromatic carbocycles. The minimum Gasteiger partial charge on any atom is -0.491 e. The lowest BCUT2D eigenvalue weighted by molar-refractivity contribution is -0.114. The summed E-state index contributed by atoms with van der Waals surface area (Å²) in [6.45, 7) is 5.75. The fourth-order valence-electron chi connectivity index (χ4n) is 4.13. The summed E-state index contributed by atoms with van der Waals surface area (Å²) in [6, 6.07) is 10.3. The quantitative estimate of drug-likeness (QED) is 0.720. The molecule has 9 heteroatoms. The van der Waals surface area contributed by atoms with Gasteiger partial charge in [-0.1, -0.05) is 19.1 Å². The van der Waals surface area contributed by atoms with Crippen LogP contribution in [0.5, 0.6) is 5.75 Å². The molecule has 1 N–H and O–H groups in total. The van der Waals surface area contributed by atoms with Crippen LogP contribution in [-0.4, -0.2) is 73.5 Å².